The van der Waals surface area contributed by atoms with Crippen LogP contribution in [0.2, 0.25) is 0 Å². The molecule has 28 heavy (non-hydrogen) atoms. The van der Waals surface area contributed by atoms with Crippen molar-refractivity contribution in [3.63, 3.8) is 0 Å². The van der Waals surface area contributed by atoms with Gasteiger partial charge in [0.2, 0.25) is 17.7 Å². The molecule has 4 rings (SSSR count). The van der Waals surface area contributed by atoms with Crippen LogP contribution in [0, 0.1) is 12.7 Å². The molecule has 3 N–H and O–H groups in total. The highest BCUT2D eigenvalue weighted by Crippen LogP contribution is 2.30. The summed E-state index contributed by atoms with van der Waals surface area (Å²) >= 11 is 0. The topological polar surface area (TPSA) is 107 Å². The maximum absolute atomic E-state index is 13.3. The molecule has 8 heteroatoms. The van der Waals surface area contributed by atoms with Crippen LogP contribution in [0.4, 0.5) is 10.3 Å². The number of nitrogens with two attached hydrogens (primary N) is 1. The second kappa shape index (κ2) is 7.07. The molecule has 0 unspecified atom stereocenters. The van der Waals surface area contributed by atoms with E-state index >= 15 is 0 Å². The van der Waals surface area contributed by atoms with Crippen LogP contribution in [-0.4, -0.2) is 20.9 Å². The summed E-state index contributed by atoms with van der Waals surface area (Å²) < 4.78 is 19.0. The number of furan rings is 1. The highest BCUT2D eigenvalue weighted by atomic mass is 19.1. The number of benzene rings is 2. The van der Waals surface area contributed by atoms with E-state index in [1.807, 2.05) is 0 Å². The van der Waals surface area contributed by atoms with Crippen molar-refractivity contribution in [3.8, 4) is 11.6 Å². The standard InChI is InChI=1S/C20H16FN5O2/c1-11-24-19(17-14-6-3-7-15(18(22)27)16(14)10-28-17)26-20(25-11)23-9-12-4-2-5-13(21)8-12/h2-8,10H,9H2,1H3,(H2,22,27)(H,23,24,25,26). The Morgan fingerprint density at radius 3 is 2.75 bits per heavy atom. The minimum absolute atomic E-state index is 0.306. The predicted molar refractivity (Wildman–Crippen MR) is 102 cm³/mol. The van der Waals surface area contributed by atoms with Gasteiger partial charge in [-0.25, -0.2) is 9.37 Å². The third-order valence-corrected chi connectivity index (χ3v) is 4.20. The molecule has 2 aromatic carbocycles. The molecule has 0 aliphatic carbocycles. The number of halogens is 1. The van der Waals surface area contributed by atoms with E-state index in [0.29, 0.717) is 46.2 Å². The summed E-state index contributed by atoms with van der Waals surface area (Å²) in [5.41, 5.74) is 6.55. The molecule has 0 fully saturated rings. The second-order valence-electron chi connectivity index (χ2n) is 6.21. The van der Waals surface area contributed by atoms with Crippen LogP contribution in [-0.2, 0) is 6.54 Å². The average molecular weight is 377 g/mol. The van der Waals surface area contributed by atoms with Crippen LogP contribution in [0.25, 0.3) is 22.4 Å². The molecule has 4 aromatic rings. The van der Waals surface area contributed by atoms with Gasteiger partial charge in [-0.1, -0.05) is 24.3 Å². The number of hydrogen-bond acceptors (Lipinski definition) is 6. The Kier molecular flexibility index (Phi) is 4.44. The number of amides is 1. The fraction of sp³-hybridized carbons (Fsp3) is 0.100. The maximum atomic E-state index is 13.3. The van der Waals surface area contributed by atoms with E-state index in [-0.39, 0.29) is 5.82 Å². The molecule has 1 amide bonds. The zero-order valence-electron chi connectivity index (χ0n) is 14.9. The normalized spacial score (nSPS) is 10.9. The fourth-order valence-electron chi connectivity index (χ4n) is 2.95. The van der Waals surface area contributed by atoms with Crippen LogP contribution in [0.15, 0.2) is 53.1 Å². The summed E-state index contributed by atoms with van der Waals surface area (Å²) in [4.78, 5) is 24.6. The van der Waals surface area contributed by atoms with E-state index in [9.17, 15) is 9.18 Å². The number of nitrogens with one attached hydrogen (secondary N) is 1. The Balaban J connectivity index is 1.68. The first-order chi connectivity index (χ1) is 13.5. The molecule has 2 aromatic heterocycles. The molecule has 0 bridgehead atoms. The van der Waals surface area contributed by atoms with Gasteiger partial charge in [0.15, 0.2) is 5.76 Å². The van der Waals surface area contributed by atoms with E-state index in [0.717, 1.165) is 5.56 Å². The largest absolute Gasteiger partial charge is 0.460 e. The van der Waals surface area contributed by atoms with E-state index in [1.54, 1.807) is 37.3 Å². The number of primary amides is 1. The lowest BCUT2D eigenvalue weighted by atomic mass is 10.1. The van der Waals surface area contributed by atoms with Crippen molar-refractivity contribution in [2.24, 2.45) is 5.73 Å². The molecular formula is C20H16FN5O2. The van der Waals surface area contributed by atoms with Gasteiger partial charge in [0.25, 0.3) is 0 Å². The number of carbonyl (C=O) groups is 1. The molecule has 0 radical (unpaired) electrons. The average Bonchev–Trinajstić information content (AvgIpc) is 3.10. The number of rotatable bonds is 5. The minimum atomic E-state index is -0.540. The third-order valence-electron chi connectivity index (χ3n) is 4.20. The van der Waals surface area contributed by atoms with Crippen LogP contribution >= 0.6 is 0 Å². The third kappa shape index (κ3) is 3.39. The van der Waals surface area contributed by atoms with Crippen molar-refractivity contribution >= 4 is 22.6 Å². The maximum Gasteiger partial charge on any atom is 0.249 e. The van der Waals surface area contributed by atoms with E-state index in [2.05, 4.69) is 20.3 Å². The Morgan fingerprint density at radius 1 is 1.14 bits per heavy atom. The number of aryl methyl sites for hydroxylation is 1. The van der Waals surface area contributed by atoms with Crippen molar-refractivity contribution in [2.45, 2.75) is 13.5 Å². The zero-order valence-corrected chi connectivity index (χ0v) is 14.9. The van der Waals surface area contributed by atoms with Gasteiger partial charge in [-0.2, -0.15) is 9.97 Å². The van der Waals surface area contributed by atoms with Gasteiger partial charge in [-0.3, -0.25) is 4.79 Å². The van der Waals surface area contributed by atoms with Crippen LogP contribution in [0.5, 0.6) is 0 Å². The van der Waals surface area contributed by atoms with Crippen LogP contribution < -0.4 is 11.1 Å². The number of nitrogens with zero attached hydrogens (tertiary/aromatic N) is 3. The molecule has 0 saturated heterocycles. The van der Waals surface area contributed by atoms with Crippen LogP contribution in [0.1, 0.15) is 21.7 Å². The summed E-state index contributed by atoms with van der Waals surface area (Å²) in [5.74, 6) is 0.717. The van der Waals surface area contributed by atoms with Gasteiger partial charge < -0.3 is 15.5 Å². The summed E-state index contributed by atoms with van der Waals surface area (Å²) in [5, 5.41) is 4.34. The Hall–Kier alpha value is -3.81. The lowest BCUT2D eigenvalue weighted by Gasteiger charge is -2.07. The Morgan fingerprint density at radius 2 is 1.96 bits per heavy atom. The summed E-state index contributed by atoms with van der Waals surface area (Å²) in [6, 6.07) is 11.4. The first kappa shape index (κ1) is 17.6. The lowest BCUT2D eigenvalue weighted by Crippen LogP contribution is -2.10. The second-order valence-corrected chi connectivity index (χ2v) is 6.21. The van der Waals surface area contributed by atoms with Gasteiger partial charge in [0, 0.05) is 17.3 Å². The molecule has 0 spiro atoms. The smallest absolute Gasteiger partial charge is 0.249 e. The lowest BCUT2D eigenvalue weighted by molar-refractivity contribution is 0.100. The fourth-order valence-corrected chi connectivity index (χ4v) is 2.95. The molecule has 0 aliphatic heterocycles. The van der Waals surface area contributed by atoms with E-state index in [4.69, 9.17) is 10.2 Å². The van der Waals surface area contributed by atoms with Gasteiger partial charge in [-0.15, -0.1) is 0 Å². The van der Waals surface area contributed by atoms with Crippen molar-refractivity contribution in [3.05, 3.63) is 71.5 Å². The van der Waals surface area contributed by atoms with Gasteiger partial charge in [0.05, 0.1) is 5.56 Å². The van der Waals surface area contributed by atoms with E-state index < -0.39 is 5.91 Å². The van der Waals surface area contributed by atoms with Crippen molar-refractivity contribution in [2.75, 3.05) is 5.32 Å². The number of anilines is 1. The molecule has 0 aliphatic rings. The van der Waals surface area contributed by atoms with Crippen molar-refractivity contribution in [1.29, 1.82) is 0 Å². The first-order valence-corrected chi connectivity index (χ1v) is 8.52. The molecule has 2 heterocycles. The molecule has 7 nitrogen and oxygen atoms in total. The highest BCUT2D eigenvalue weighted by Gasteiger charge is 2.17. The SMILES string of the molecule is Cc1nc(NCc2cccc(F)c2)nc(-c2occ3c(C(N)=O)cccc23)n1. The van der Waals surface area contributed by atoms with Crippen molar-refractivity contribution in [1.82, 2.24) is 15.0 Å². The Bertz CT molecular complexity index is 1190. The number of fused-ring (bicyclic) bond motifs is 1. The minimum Gasteiger partial charge on any atom is -0.460 e. The Labute approximate surface area is 159 Å². The van der Waals surface area contributed by atoms with E-state index in [1.165, 1.54) is 18.4 Å². The highest BCUT2D eigenvalue weighted by molar-refractivity contribution is 6.08. The number of carbonyl (C=O) groups excluding carboxylic acids is 1. The van der Waals surface area contributed by atoms with Gasteiger partial charge in [0.1, 0.15) is 17.9 Å². The quantitative estimate of drug-likeness (QED) is 0.552. The zero-order chi connectivity index (χ0) is 19.7. The molecule has 140 valence electrons. The number of aromatic nitrogens is 3. The molecule has 0 saturated carbocycles. The first-order valence-electron chi connectivity index (χ1n) is 8.52. The molecule has 0 atom stereocenters. The van der Waals surface area contributed by atoms with Crippen LogP contribution in [0.3, 0.4) is 0 Å². The number of hydrogen-bond donors (Lipinski definition) is 2. The van der Waals surface area contributed by atoms with Gasteiger partial charge in [-0.05, 0) is 30.7 Å². The monoisotopic (exact) mass is 377 g/mol. The summed E-state index contributed by atoms with van der Waals surface area (Å²) in [6.45, 7) is 2.09. The summed E-state index contributed by atoms with van der Waals surface area (Å²) in [6.07, 6.45) is 1.46. The summed E-state index contributed by atoms with van der Waals surface area (Å²) in [7, 11) is 0. The van der Waals surface area contributed by atoms with Gasteiger partial charge >= 0.3 is 0 Å². The van der Waals surface area contributed by atoms with Crippen molar-refractivity contribution < 1.29 is 13.6 Å². The predicted octanol–water partition coefficient (Wildman–Crippen LogP) is 3.44. The molecular weight excluding hydrogens is 361 g/mol.